The number of ether oxygens (including phenoxy) is 2. The van der Waals surface area contributed by atoms with Crippen LogP contribution in [0.1, 0.15) is 51.2 Å². The zero-order valence-electron chi connectivity index (χ0n) is 23.8. The highest BCUT2D eigenvalue weighted by molar-refractivity contribution is 5.97. The summed E-state index contributed by atoms with van der Waals surface area (Å²) >= 11 is 0. The summed E-state index contributed by atoms with van der Waals surface area (Å²) in [5.74, 6) is 1.11. The molecule has 1 aromatic heterocycles. The Bertz CT molecular complexity index is 1300. The predicted octanol–water partition coefficient (Wildman–Crippen LogP) is 2.71. The molecule has 1 unspecified atom stereocenters. The first-order valence-electron chi connectivity index (χ1n) is 13.8. The van der Waals surface area contributed by atoms with Crippen LogP contribution in [0.4, 0.5) is 5.95 Å². The number of amides is 1. The number of nitrogens with zero attached hydrogens (tertiary/aromatic N) is 5. The molecule has 0 radical (unpaired) electrons. The number of hydrogen-bond donors (Lipinski definition) is 3. The van der Waals surface area contributed by atoms with E-state index in [0.717, 1.165) is 30.6 Å². The van der Waals surface area contributed by atoms with E-state index in [4.69, 9.17) is 9.47 Å². The molecule has 1 amide bonds. The smallest absolute Gasteiger partial charge is 0.329 e. The summed E-state index contributed by atoms with van der Waals surface area (Å²) in [5.41, 5.74) is 1.29. The minimum atomic E-state index is -0.719. The number of aliphatic imine (C=N–C) groups is 1. The van der Waals surface area contributed by atoms with Gasteiger partial charge in [0.05, 0.1) is 13.2 Å². The van der Waals surface area contributed by atoms with Gasteiger partial charge in [-0.2, -0.15) is 0 Å². The molecule has 0 saturated heterocycles. The van der Waals surface area contributed by atoms with Crippen molar-refractivity contribution in [3.05, 3.63) is 65.7 Å². The molecular formula is C29H38N8O4. The van der Waals surface area contributed by atoms with Gasteiger partial charge in [-0.3, -0.25) is 15.1 Å². The first-order valence-corrected chi connectivity index (χ1v) is 13.8. The normalized spacial score (nSPS) is 13.9. The number of hydrogen-bond acceptors (Lipinski definition) is 10. The van der Waals surface area contributed by atoms with E-state index in [2.05, 4.69) is 36.5 Å². The zero-order valence-corrected chi connectivity index (χ0v) is 23.8. The maximum absolute atomic E-state index is 13.2. The molecule has 3 aromatic rings. The van der Waals surface area contributed by atoms with Crippen LogP contribution in [-0.2, 0) is 27.3 Å². The van der Waals surface area contributed by atoms with Gasteiger partial charge in [0.1, 0.15) is 17.4 Å². The van der Waals surface area contributed by atoms with Gasteiger partial charge in [-0.1, -0.05) is 47.6 Å². The molecule has 218 valence electrons. The van der Waals surface area contributed by atoms with Crippen molar-refractivity contribution in [2.75, 3.05) is 25.0 Å². The third-order valence-corrected chi connectivity index (χ3v) is 6.04. The van der Waals surface area contributed by atoms with Crippen LogP contribution in [0.2, 0.25) is 0 Å². The Kier molecular flexibility index (Phi) is 10.2. The number of rotatable bonds is 12. The number of carbonyl (C=O) groups excluding carboxylic acids is 2. The first-order chi connectivity index (χ1) is 19.7. The van der Waals surface area contributed by atoms with Crippen molar-refractivity contribution in [1.29, 1.82) is 0 Å². The Morgan fingerprint density at radius 3 is 2.56 bits per heavy atom. The van der Waals surface area contributed by atoms with Gasteiger partial charge in [-0.05, 0) is 67.3 Å². The van der Waals surface area contributed by atoms with Gasteiger partial charge < -0.3 is 20.1 Å². The van der Waals surface area contributed by atoms with Gasteiger partial charge in [0.25, 0.3) is 0 Å². The number of guanidine groups is 1. The number of benzene rings is 2. The highest BCUT2D eigenvalue weighted by Crippen LogP contribution is 2.18. The van der Waals surface area contributed by atoms with E-state index in [0.29, 0.717) is 50.1 Å². The highest BCUT2D eigenvalue weighted by Gasteiger charge is 2.27. The minimum absolute atomic E-state index is 0.0902. The van der Waals surface area contributed by atoms with E-state index < -0.39 is 17.6 Å². The van der Waals surface area contributed by atoms with Crippen molar-refractivity contribution in [2.45, 2.75) is 64.6 Å². The first kappa shape index (κ1) is 29.5. The summed E-state index contributed by atoms with van der Waals surface area (Å²) in [5, 5.41) is 21.0. The fourth-order valence-electron chi connectivity index (χ4n) is 4.08. The Morgan fingerprint density at radius 1 is 1.07 bits per heavy atom. The van der Waals surface area contributed by atoms with Crippen molar-refractivity contribution in [3.8, 4) is 5.75 Å². The van der Waals surface area contributed by atoms with E-state index in [-0.39, 0.29) is 5.91 Å². The molecule has 0 bridgehead atoms. The van der Waals surface area contributed by atoms with Crippen molar-refractivity contribution in [1.82, 2.24) is 30.8 Å². The zero-order chi connectivity index (χ0) is 29.1. The number of esters is 1. The molecule has 12 nitrogen and oxygen atoms in total. The van der Waals surface area contributed by atoms with E-state index in [9.17, 15) is 9.59 Å². The second-order valence-electron chi connectivity index (χ2n) is 10.7. The van der Waals surface area contributed by atoms with Crippen LogP contribution in [0.3, 0.4) is 0 Å². The van der Waals surface area contributed by atoms with Gasteiger partial charge in [0.15, 0.2) is 5.96 Å². The molecule has 1 aliphatic rings. The standard InChI is InChI=1S/C29H38N8O4/c1-29(2,3)41-26(39)24(32-28-34-35-36-37(28)20-22-9-5-4-6-10-22)19-21-12-14-23(15-13-21)40-18-7-11-25(38)33-27-30-16-8-17-31-27/h4-6,9-10,12-15,24H,7-8,11,16-20H2,1-3H3,(H,32,34,36)(H2,30,31,33,38). The van der Waals surface area contributed by atoms with Crippen LogP contribution in [0.15, 0.2) is 59.6 Å². The lowest BCUT2D eigenvalue weighted by molar-refractivity contribution is -0.155. The molecule has 12 heteroatoms. The third-order valence-electron chi connectivity index (χ3n) is 6.04. The topological polar surface area (TPSA) is 145 Å². The van der Waals surface area contributed by atoms with Gasteiger partial charge >= 0.3 is 5.97 Å². The summed E-state index contributed by atoms with van der Waals surface area (Å²) in [6.07, 6.45) is 2.24. The van der Waals surface area contributed by atoms with Crippen molar-refractivity contribution >= 4 is 23.8 Å². The van der Waals surface area contributed by atoms with Gasteiger partial charge in [0.2, 0.25) is 11.9 Å². The van der Waals surface area contributed by atoms with Crippen molar-refractivity contribution in [3.63, 3.8) is 0 Å². The molecule has 0 fully saturated rings. The molecule has 0 aliphatic carbocycles. The summed E-state index contributed by atoms with van der Waals surface area (Å²) < 4.78 is 13.1. The van der Waals surface area contributed by atoms with Crippen molar-refractivity contribution in [2.24, 2.45) is 4.99 Å². The average Bonchev–Trinajstić information content (AvgIpc) is 3.38. The Labute approximate surface area is 239 Å². The number of anilines is 1. The number of nitrogens with one attached hydrogen (secondary N) is 3. The van der Waals surface area contributed by atoms with E-state index in [1.165, 1.54) is 0 Å². The van der Waals surface area contributed by atoms with Gasteiger partial charge in [-0.15, -0.1) is 0 Å². The SMILES string of the molecule is CC(C)(C)OC(=O)C(Cc1ccc(OCCCC(=O)NC2=NCCCN2)cc1)Nc1nnnn1Cc1ccccc1. The lowest BCUT2D eigenvalue weighted by atomic mass is 10.1. The van der Waals surface area contributed by atoms with Crippen LogP contribution in [0.25, 0.3) is 0 Å². The molecule has 41 heavy (non-hydrogen) atoms. The molecule has 2 aromatic carbocycles. The van der Waals surface area contributed by atoms with E-state index in [1.807, 2.05) is 75.4 Å². The highest BCUT2D eigenvalue weighted by atomic mass is 16.6. The number of tetrazole rings is 1. The van der Waals surface area contributed by atoms with E-state index in [1.54, 1.807) is 4.68 Å². The van der Waals surface area contributed by atoms with Crippen LogP contribution in [0, 0.1) is 0 Å². The Hall–Kier alpha value is -4.48. The molecule has 1 atom stereocenters. The third kappa shape index (κ3) is 9.89. The maximum Gasteiger partial charge on any atom is 0.329 e. The van der Waals surface area contributed by atoms with Gasteiger partial charge in [-0.25, -0.2) is 9.48 Å². The largest absolute Gasteiger partial charge is 0.494 e. The van der Waals surface area contributed by atoms with Crippen LogP contribution >= 0.6 is 0 Å². The Morgan fingerprint density at radius 2 is 1.85 bits per heavy atom. The molecule has 2 heterocycles. The quantitative estimate of drug-likeness (QED) is 0.224. The second kappa shape index (κ2) is 14.2. The molecule has 4 rings (SSSR count). The summed E-state index contributed by atoms with van der Waals surface area (Å²) in [7, 11) is 0. The molecule has 1 aliphatic heterocycles. The minimum Gasteiger partial charge on any atom is -0.494 e. The monoisotopic (exact) mass is 562 g/mol. The fourth-order valence-corrected chi connectivity index (χ4v) is 4.08. The van der Waals surface area contributed by atoms with Crippen LogP contribution < -0.4 is 20.7 Å². The van der Waals surface area contributed by atoms with Gasteiger partial charge in [0, 0.05) is 25.9 Å². The predicted molar refractivity (Wildman–Crippen MR) is 155 cm³/mol. The lowest BCUT2D eigenvalue weighted by Gasteiger charge is -2.25. The molecular weight excluding hydrogens is 524 g/mol. The number of carbonyl (C=O) groups is 2. The lowest BCUT2D eigenvalue weighted by Crippen LogP contribution is -2.43. The number of aromatic nitrogens is 4. The summed E-state index contributed by atoms with van der Waals surface area (Å²) in [4.78, 5) is 29.5. The average molecular weight is 563 g/mol. The maximum atomic E-state index is 13.2. The fraction of sp³-hybridized carbons (Fsp3) is 0.448. The summed E-state index contributed by atoms with van der Waals surface area (Å²) in [6.45, 7) is 7.90. The molecule has 0 spiro atoms. The second-order valence-corrected chi connectivity index (χ2v) is 10.7. The van der Waals surface area contributed by atoms with Crippen molar-refractivity contribution < 1.29 is 19.1 Å². The van der Waals surface area contributed by atoms with Crippen LogP contribution in [-0.4, -0.2) is 69.4 Å². The Balaban J connectivity index is 1.32. The van der Waals surface area contributed by atoms with E-state index >= 15 is 0 Å². The molecule has 3 N–H and O–H groups in total. The molecule has 0 saturated carbocycles. The van der Waals surface area contributed by atoms with Crippen LogP contribution in [0.5, 0.6) is 5.75 Å². The summed E-state index contributed by atoms with van der Waals surface area (Å²) in [6, 6.07) is 16.6.